The Balaban J connectivity index is 2.92. The summed E-state index contributed by atoms with van der Waals surface area (Å²) >= 11 is 0. The molecule has 4 N–H and O–H groups in total. The van der Waals surface area contributed by atoms with Crippen LogP contribution in [0.4, 0.5) is 4.79 Å². The summed E-state index contributed by atoms with van der Waals surface area (Å²) in [6.07, 6.45) is 0.479. The molecule has 0 spiro atoms. The molecule has 8 nitrogen and oxygen atoms in total. The Morgan fingerprint density at radius 2 is 1.50 bits per heavy atom. The number of carbonyl (C=O) groups excluding carboxylic acids is 1. The summed E-state index contributed by atoms with van der Waals surface area (Å²) < 4.78 is 0. The van der Waals surface area contributed by atoms with Crippen LogP contribution in [0.25, 0.3) is 0 Å². The standard InChI is InChI=1S/C10H21N3O5/c1-2-10(3-14,4-15)13-5-11(7-16)9(18)12(6-13)8-17/h14-17H,2-8H2,1H3. The van der Waals surface area contributed by atoms with Crippen molar-refractivity contribution >= 4 is 6.03 Å². The van der Waals surface area contributed by atoms with E-state index in [4.69, 9.17) is 10.2 Å². The van der Waals surface area contributed by atoms with Gasteiger partial charge < -0.3 is 20.4 Å². The van der Waals surface area contributed by atoms with Gasteiger partial charge in [-0.1, -0.05) is 6.92 Å². The van der Waals surface area contributed by atoms with Crippen molar-refractivity contribution in [3.8, 4) is 0 Å². The minimum Gasteiger partial charge on any atom is -0.394 e. The van der Waals surface area contributed by atoms with E-state index in [2.05, 4.69) is 0 Å². The van der Waals surface area contributed by atoms with Crippen LogP contribution in [-0.2, 0) is 0 Å². The third-order valence-corrected chi connectivity index (χ3v) is 3.48. The predicted octanol–water partition coefficient (Wildman–Crippen LogP) is -2.03. The number of hydrogen-bond donors (Lipinski definition) is 4. The van der Waals surface area contributed by atoms with Crippen LogP contribution < -0.4 is 0 Å². The summed E-state index contributed by atoms with van der Waals surface area (Å²) in [4.78, 5) is 15.6. The van der Waals surface area contributed by atoms with Crippen LogP contribution in [0.5, 0.6) is 0 Å². The van der Waals surface area contributed by atoms with Crippen molar-refractivity contribution in [2.24, 2.45) is 0 Å². The third-order valence-electron chi connectivity index (χ3n) is 3.48. The number of amides is 2. The summed E-state index contributed by atoms with van der Waals surface area (Å²) in [5, 5.41) is 37.2. The van der Waals surface area contributed by atoms with E-state index in [1.807, 2.05) is 6.92 Å². The monoisotopic (exact) mass is 263 g/mol. The third kappa shape index (κ3) is 2.57. The smallest absolute Gasteiger partial charge is 0.325 e. The van der Waals surface area contributed by atoms with Gasteiger partial charge in [-0.25, -0.2) is 4.79 Å². The average molecular weight is 263 g/mol. The number of rotatable bonds is 6. The molecular weight excluding hydrogens is 242 g/mol. The maximum absolute atomic E-state index is 11.7. The Morgan fingerprint density at radius 1 is 1.06 bits per heavy atom. The van der Waals surface area contributed by atoms with Crippen molar-refractivity contribution in [2.45, 2.75) is 18.9 Å². The van der Waals surface area contributed by atoms with Crippen LogP contribution in [0, 0.1) is 0 Å². The van der Waals surface area contributed by atoms with Gasteiger partial charge in [0.05, 0.1) is 32.1 Å². The molecule has 0 aromatic rings. The van der Waals surface area contributed by atoms with E-state index in [1.165, 1.54) is 0 Å². The van der Waals surface area contributed by atoms with E-state index in [0.717, 1.165) is 9.80 Å². The minimum absolute atomic E-state index is 0.0980. The quantitative estimate of drug-likeness (QED) is 0.440. The van der Waals surface area contributed by atoms with Gasteiger partial charge in [0.2, 0.25) is 0 Å². The lowest BCUT2D eigenvalue weighted by molar-refractivity contribution is -0.103. The zero-order chi connectivity index (χ0) is 13.8. The molecule has 0 aliphatic carbocycles. The number of carbonyl (C=O) groups is 1. The van der Waals surface area contributed by atoms with Gasteiger partial charge in [0.25, 0.3) is 0 Å². The van der Waals surface area contributed by atoms with Crippen molar-refractivity contribution < 1.29 is 25.2 Å². The fourth-order valence-electron chi connectivity index (χ4n) is 1.99. The summed E-state index contributed by atoms with van der Waals surface area (Å²) in [7, 11) is 0. The van der Waals surface area contributed by atoms with Gasteiger partial charge in [0.1, 0.15) is 13.5 Å². The zero-order valence-electron chi connectivity index (χ0n) is 10.5. The lowest BCUT2D eigenvalue weighted by atomic mass is 9.96. The molecule has 0 atom stereocenters. The molecule has 1 fully saturated rings. The average Bonchev–Trinajstić information content (AvgIpc) is 2.42. The SMILES string of the molecule is CCC(CO)(CO)N1CN(CO)C(=O)N(CO)C1. The lowest BCUT2D eigenvalue weighted by Gasteiger charge is -2.48. The first-order valence-corrected chi connectivity index (χ1v) is 5.80. The fourth-order valence-corrected chi connectivity index (χ4v) is 1.99. The highest BCUT2D eigenvalue weighted by Crippen LogP contribution is 2.23. The molecule has 1 heterocycles. The van der Waals surface area contributed by atoms with Gasteiger partial charge in [-0.2, -0.15) is 0 Å². The van der Waals surface area contributed by atoms with E-state index in [1.54, 1.807) is 4.90 Å². The molecule has 0 unspecified atom stereocenters. The highest BCUT2D eigenvalue weighted by atomic mass is 16.3. The second kappa shape index (κ2) is 6.30. The number of hydrogen-bond acceptors (Lipinski definition) is 6. The van der Waals surface area contributed by atoms with Crippen LogP contribution in [0.1, 0.15) is 13.3 Å². The van der Waals surface area contributed by atoms with Gasteiger partial charge in [-0.3, -0.25) is 14.7 Å². The Morgan fingerprint density at radius 3 is 1.78 bits per heavy atom. The van der Waals surface area contributed by atoms with E-state index < -0.39 is 25.0 Å². The second-order valence-corrected chi connectivity index (χ2v) is 4.36. The molecule has 1 aliphatic heterocycles. The van der Waals surface area contributed by atoms with Crippen LogP contribution >= 0.6 is 0 Å². The lowest BCUT2D eigenvalue weighted by Crippen LogP contribution is -2.66. The minimum atomic E-state index is -0.873. The van der Waals surface area contributed by atoms with Crippen molar-refractivity contribution in [3.05, 3.63) is 0 Å². The van der Waals surface area contributed by atoms with E-state index in [9.17, 15) is 15.0 Å². The molecule has 18 heavy (non-hydrogen) atoms. The maximum atomic E-state index is 11.7. The topological polar surface area (TPSA) is 108 Å². The van der Waals surface area contributed by atoms with Crippen LogP contribution in [0.15, 0.2) is 0 Å². The zero-order valence-corrected chi connectivity index (χ0v) is 10.5. The molecular formula is C10H21N3O5. The Hall–Kier alpha value is -0.930. The highest BCUT2D eigenvalue weighted by molar-refractivity contribution is 5.74. The second-order valence-electron chi connectivity index (χ2n) is 4.36. The first kappa shape index (κ1) is 15.1. The summed E-state index contributed by atoms with van der Waals surface area (Å²) in [5.74, 6) is 0. The first-order chi connectivity index (χ1) is 8.58. The van der Waals surface area contributed by atoms with Crippen molar-refractivity contribution in [1.82, 2.24) is 14.7 Å². The largest absolute Gasteiger partial charge is 0.394 e. The van der Waals surface area contributed by atoms with Crippen LogP contribution in [0.2, 0.25) is 0 Å². The van der Waals surface area contributed by atoms with Crippen molar-refractivity contribution in [2.75, 3.05) is 40.0 Å². The Bertz CT molecular complexity index is 260. The molecule has 1 rings (SSSR count). The van der Waals surface area contributed by atoms with Crippen molar-refractivity contribution in [1.29, 1.82) is 0 Å². The maximum Gasteiger partial charge on any atom is 0.325 e. The normalized spacial score (nSPS) is 18.6. The van der Waals surface area contributed by atoms with Gasteiger partial charge in [-0.05, 0) is 6.42 Å². The Kier molecular flexibility index (Phi) is 5.29. The molecule has 0 bridgehead atoms. The van der Waals surface area contributed by atoms with Crippen LogP contribution in [-0.4, -0.2) is 86.7 Å². The number of nitrogens with zero attached hydrogens (tertiary/aromatic N) is 3. The van der Waals surface area contributed by atoms with Crippen LogP contribution in [0.3, 0.4) is 0 Å². The Labute approximate surface area is 106 Å². The molecule has 1 saturated heterocycles. The molecule has 0 saturated carbocycles. The van der Waals surface area contributed by atoms with Crippen molar-refractivity contribution in [3.63, 3.8) is 0 Å². The summed E-state index contributed by atoms with van der Waals surface area (Å²) in [5.41, 5.74) is -0.873. The number of aliphatic hydroxyl groups is 4. The van der Waals surface area contributed by atoms with Gasteiger partial charge in [0.15, 0.2) is 0 Å². The van der Waals surface area contributed by atoms with Gasteiger partial charge >= 0.3 is 6.03 Å². The molecule has 0 aromatic carbocycles. The predicted molar refractivity (Wildman–Crippen MR) is 62.0 cm³/mol. The molecule has 8 heteroatoms. The number of urea groups is 1. The molecule has 0 aromatic heterocycles. The molecule has 106 valence electrons. The fraction of sp³-hybridized carbons (Fsp3) is 0.900. The van der Waals surface area contributed by atoms with E-state index in [0.29, 0.717) is 6.42 Å². The molecule has 0 radical (unpaired) electrons. The van der Waals surface area contributed by atoms with E-state index >= 15 is 0 Å². The molecule has 2 amide bonds. The van der Waals surface area contributed by atoms with Gasteiger partial charge in [-0.15, -0.1) is 0 Å². The first-order valence-electron chi connectivity index (χ1n) is 5.80. The molecule has 1 aliphatic rings. The van der Waals surface area contributed by atoms with E-state index in [-0.39, 0.29) is 26.6 Å². The number of aliphatic hydroxyl groups excluding tert-OH is 4. The summed E-state index contributed by atoms with van der Waals surface area (Å²) in [6, 6.07) is -0.475. The highest BCUT2D eigenvalue weighted by Gasteiger charge is 2.40. The van der Waals surface area contributed by atoms with Gasteiger partial charge in [0, 0.05) is 0 Å². The summed E-state index contributed by atoms with van der Waals surface area (Å²) in [6.45, 7) is 0.501.